The van der Waals surface area contributed by atoms with Gasteiger partial charge in [-0.15, -0.1) is 6.58 Å². The summed E-state index contributed by atoms with van der Waals surface area (Å²) in [5.41, 5.74) is 2.41. The fraction of sp³-hybridized carbons (Fsp3) is 0.333. The molecule has 0 heterocycles. The van der Waals surface area contributed by atoms with Crippen LogP contribution in [0.25, 0.3) is 0 Å². The Morgan fingerprint density at radius 2 is 1.93 bits per heavy atom. The van der Waals surface area contributed by atoms with Crippen molar-refractivity contribution >= 4 is 15.9 Å². The number of hydrogen-bond acceptors (Lipinski definition) is 1. The first kappa shape index (κ1) is 11.3. The number of halogens is 1. The molecule has 0 aliphatic rings. The van der Waals surface area contributed by atoms with Crippen LogP contribution >= 0.6 is 15.9 Å². The molecule has 0 aliphatic heterocycles. The number of aryl methyl sites for hydroxylation is 2. The first-order valence-electron chi connectivity index (χ1n) is 4.65. The summed E-state index contributed by atoms with van der Waals surface area (Å²) in [4.78, 5) is 0. The van der Waals surface area contributed by atoms with Gasteiger partial charge in [0.05, 0.1) is 6.61 Å². The fourth-order valence-electron chi connectivity index (χ4n) is 1.25. The van der Waals surface area contributed by atoms with Gasteiger partial charge in [0.15, 0.2) is 0 Å². The molecule has 0 fully saturated rings. The normalized spacial score (nSPS) is 9.93. The maximum Gasteiger partial charge on any atom is 0.119 e. The van der Waals surface area contributed by atoms with Gasteiger partial charge in [-0.2, -0.15) is 0 Å². The van der Waals surface area contributed by atoms with Crippen LogP contribution in [0.1, 0.15) is 17.5 Å². The average Bonchev–Trinajstić information content (AvgIpc) is 2.14. The largest absolute Gasteiger partial charge is 0.493 e. The van der Waals surface area contributed by atoms with E-state index in [1.54, 1.807) is 0 Å². The molecule has 1 nitrogen and oxygen atoms in total. The SMILES string of the molecule is C=CCCOc1cc(C)c(Br)c(C)c1. The van der Waals surface area contributed by atoms with Crippen molar-refractivity contribution in [2.45, 2.75) is 20.3 Å². The van der Waals surface area contributed by atoms with Gasteiger partial charge in [0.2, 0.25) is 0 Å². The maximum absolute atomic E-state index is 5.57. The van der Waals surface area contributed by atoms with E-state index in [1.807, 2.05) is 18.2 Å². The van der Waals surface area contributed by atoms with Crippen molar-refractivity contribution in [3.8, 4) is 5.75 Å². The zero-order chi connectivity index (χ0) is 10.6. The Kier molecular flexibility index (Phi) is 4.21. The lowest BCUT2D eigenvalue weighted by Gasteiger charge is -2.09. The molecule has 0 N–H and O–H groups in total. The molecule has 0 spiro atoms. The van der Waals surface area contributed by atoms with E-state index in [2.05, 4.69) is 36.4 Å². The van der Waals surface area contributed by atoms with E-state index < -0.39 is 0 Å². The zero-order valence-corrected chi connectivity index (χ0v) is 10.2. The van der Waals surface area contributed by atoms with Crippen LogP contribution in [-0.2, 0) is 0 Å². The number of benzene rings is 1. The molecule has 1 aromatic carbocycles. The average molecular weight is 255 g/mol. The molecule has 0 radical (unpaired) electrons. The predicted molar refractivity (Wildman–Crippen MR) is 63.9 cm³/mol. The summed E-state index contributed by atoms with van der Waals surface area (Å²) in [5, 5.41) is 0. The van der Waals surface area contributed by atoms with E-state index in [9.17, 15) is 0 Å². The summed E-state index contributed by atoms with van der Waals surface area (Å²) in [6.07, 6.45) is 2.74. The third-order valence-electron chi connectivity index (χ3n) is 2.00. The standard InChI is InChI=1S/C12H15BrO/c1-4-5-6-14-11-7-9(2)12(13)10(3)8-11/h4,7-8H,1,5-6H2,2-3H3. The molecule has 0 saturated carbocycles. The monoisotopic (exact) mass is 254 g/mol. The van der Waals surface area contributed by atoms with Crippen LogP contribution < -0.4 is 4.74 Å². The smallest absolute Gasteiger partial charge is 0.119 e. The molecule has 76 valence electrons. The van der Waals surface area contributed by atoms with Gasteiger partial charge < -0.3 is 4.74 Å². The highest BCUT2D eigenvalue weighted by molar-refractivity contribution is 9.10. The van der Waals surface area contributed by atoms with Crippen LogP contribution in [0.5, 0.6) is 5.75 Å². The van der Waals surface area contributed by atoms with Crippen LogP contribution in [0.3, 0.4) is 0 Å². The van der Waals surface area contributed by atoms with Crippen LogP contribution in [0, 0.1) is 13.8 Å². The first-order valence-corrected chi connectivity index (χ1v) is 5.45. The van der Waals surface area contributed by atoms with Gasteiger partial charge in [-0.1, -0.05) is 22.0 Å². The van der Waals surface area contributed by atoms with Crippen molar-refractivity contribution in [3.05, 3.63) is 40.4 Å². The summed E-state index contributed by atoms with van der Waals surface area (Å²) < 4.78 is 6.73. The van der Waals surface area contributed by atoms with Crippen molar-refractivity contribution < 1.29 is 4.74 Å². The van der Waals surface area contributed by atoms with E-state index in [0.717, 1.165) is 16.6 Å². The molecular formula is C12H15BrO. The van der Waals surface area contributed by atoms with Gasteiger partial charge in [-0.25, -0.2) is 0 Å². The molecule has 2 heteroatoms. The summed E-state index contributed by atoms with van der Waals surface area (Å²) >= 11 is 3.52. The summed E-state index contributed by atoms with van der Waals surface area (Å²) in [6, 6.07) is 4.08. The van der Waals surface area contributed by atoms with Gasteiger partial charge >= 0.3 is 0 Å². The lowest BCUT2D eigenvalue weighted by molar-refractivity contribution is 0.324. The molecule has 0 atom stereocenters. The van der Waals surface area contributed by atoms with E-state index in [4.69, 9.17) is 4.74 Å². The van der Waals surface area contributed by atoms with E-state index in [0.29, 0.717) is 6.61 Å². The van der Waals surface area contributed by atoms with Gasteiger partial charge in [0.1, 0.15) is 5.75 Å². The highest BCUT2D eigenvalue weighted by Gasteiger charge is 2.02. The lowest BCUT2D eigenvalue weighted by Crippen LogP contribution is -1.96. The van der Waals surface area contributed by atoms with Crippen molar-refractivity contribution in [2.24, 2.45) is 0 Å². The number of ether oxygens (including phenoxy) is 1. The van der Waals surface area contributed by atoms with Gasteiger partial charge in [0.25, 0.3) is 0 Å². The molecule has 0 saturated heterocycles. The molecule has 0 bridgehead atoms. The maximum atomic E-state index is 5.57. The molecule has 0 aliphatic carbocycles. The zero-order valence-electron chi connectivity index (χ0n) is 8.64. The number of hydrogen-bond donors (Lipinski definition) is 0. The Labute approximate surface area is 93.9 Å². The molecular weight excluding hydrogens is 240 g/mol. The van der Waals surface area contributed by atoms with Gasteiger partial charge in [-0.05, 0) is 43.5 Å². The van der Waals surface area contributed by atoms with Crippen molar-refractivity contribution in [3.63, 3.8) is 0 Å². The minimum Gasteiger partial charge on any atom is -0.493 e. The Bertz CT molecular complexity index is 308. The van der Waals surface area contributed by atoms with Gasteiger partial charge in [0, 0.05) is 4.47 Å². The Hall–Kier alpha value is -0.760. The molecule has 0 unspecified atom stereocenters. The number of rotatable bonds is 4. The fourth-order valence-corrected chi connectivity index (χ4v) is 1.48. The molecule has 0 amide bonds. The van der Waals surface area contributed by atoms with Crippen LogP contribution in [0.4, 0.5) is 0 Å². The van der Waals surface area contributed by atoms with Crippen LogP contribution in [0.2, 0.25) is 0 Å². The van der Waals surface area contributed by atoms with Crippen molar-refractivity contribution in [1.82, 2.24) is 0 Å². The summed E-state index contributed by atoms with van der Waals surface area (Å²) in [5.74, 6) is 0.935. The first-order chi connectivity index (χ1) is 6.65. The quantitative estimate of drug-likeness (QED) is 0.583. The summed E-state index contributed by atoms with van der Waals surface area (Å²) in [6.45, 7) is 8.49. The second-order valence-electron chi connectivity index (χ2n) is 3.30. The second-order valence-corrected chi connectivity index (χ2v) is 4.09. The topological polar surface area (TPSA) is 9.23 Å². The molecule has 1 rings (SSSR count). The van der Waals surface area contributed by atoms with Crippen LogP contribution in [0.15, 0.2) is 29.3 Å². The van der Waals surface area contributed by atoms with Crippen LogP contribution in [-0.4, -0.2) is 6.61 Å². The molecule has 0 aromatic heterocycles. The molecule has 1 aromatic rings. The Balaban J connectivity index is 2.74. The highest BCUT2D eigenvalue weighted by Crippen LogP contribution is 2.26. The second kappa shape index (κ2) is 5.20. The third kappa shape index (κ3) is 2.88. The minimum atomic E-state index is 0.698. The Morgan fingerprint density at radius 1 is 1.36 bits per heavy atom. The van der Waals surface area contributed by atoms with E-state index in [-0.39, 0.29) is 0 Å². The third-order valence-corrected chi connectivity index (χ3v) is 3.25. The van der Waals surface area contributed by atoms with Crippen molar-refractivity contribution in [2.75, 3.05) is 6.61 Å². The van der Waals surface area contributed by atoms with Gasteiger partial charge in [-0.3, -0.25) is 0 Å². The van der Waals surface area contributed by atoms with Crippen molar-refractivity contribution in [1.29, 1.82) is 0 Å². The highest BCUT2D eigenvalue weighted by atomic mass is 79.9. The minimum absolute atomic E-state index is 0.698. The lowest BCUT2D eigenvalue weighted by atomic mass is 10.1. The van der Waals surface area contributed by atoms with E-state index in [1.165, 1.54) is 11.1 Å². The predicted octanol–water partition coefficient (Wildman–Crippen LogP) is 4.02. The summed E-state index contributed by atoms with van der Waals surface area (Å²) in [7, 11) is 0. The Morgan fingerprint density at radius 3 is 2.43 bits per heavy atom. The van der Waals surface area contributed by atoms with E-state index >= 15 is 0 Å². The molecule has 14 heavy (non-hydrogen) atoms.